The van der Waals surface area contributed by atoms with Gasteiger partial charge in [0, 0.05) is 30.7 Å². The highest BCUT2D eigenvalue weighted by molar-refractivity contribution is 5.34. The summed E-state index contributed by atoms with van der Waals surface area (Å²) in [5, 5.41) is 12.5. The van der Waals surface area contributed by atoms with E-state index in [1.807, 2.05) is 6.07 Å². The highest BCUT2D eigenvalue weighted by atomic mass is 19.1. The summed E-state index contributed by atoms with van der Waals surface area (Å²) in [4.78, 5) is 2.37. The van der Waals surface area contributed by atoms with Gasteiger partial charge in [0.1, 0.15) is 11.9 Å². The van der Waals surface area contributed by atoms with Gasteiger partial charge in [-0.05, 0) is 38.3 Å². The van der Waals surface area contributed by atoms with E-state index >= 15 is 0 Å². The number of nitrogens with one attached hydrogen (secondary N) is 1. The van der Waals surface area contributed by atoms with E-state index in [2.05, 4.69) is 10.2 Å². The van der Waals surface area contributed by atoms with E-state index in [0.717, 1.165) is 13.1 Å². The van der Waals surface area contributed by atoms with Crippen LogP contribution in [0.2, 0.25) is 0 Å². The second-order valence-electron chi connectivity index (χ2n) is 6.19. The summed E-state index contributed by atoms with van der Waals surface area (Å²) >= 11 is 0. The summed E-state index contributed by atoms with van der Waals surface area (Å²) in [6.07, 6.45) is 6.21. The minimum absolute atomic E-state index is 0.150. The summed E-state index contributed by atoms with van der Waals surface area (Å²) < 4.78 is 14.2. The summed E-state index contributed by atoms with van der Waals surface area (Å²) in [6.45, 7) is 2.63. The molecule has 1 aliphatic heterocycles. The Hall–Kier alpha value is -1.44. The number of halogens is 1. The van der Waals surface area contributed by atoms with Crippen LogP contribution in [0, 0.1) is 17.1 Å². The van der Waals surface area contributed by atoms with Crippen LogP contribution in [-0.4, -0.2) is 30.1 Å². The molecule has 1 atom stereocenters. The van der Waals surface area contributed by atoms with Gasteiger partial charge in [-0.3, -0.25) is 4.90 Å². The smallest absolute Gasteiger partial charge is 0.145 e. The zero-order chi connectivity index (χ0) is 14.7. The highest BCUT2D eigenvalue weighted by Crippen LogP contribution is 2.23. The van der Waals surface area contributed by atoms with E-state index < -0.39 is 0 Å². The maximum atomic E-state index is 14.2. The maximum absolute atomic E-state index is 14.2. The van der Waals surface area contributed by atoms with Gasteiger partial charge in [0.2, 0.25) is 0 Å². The van der Waals surface area contributed by atoms with Crippen molar-refractivity contribution >= 4 is 0 Å². The first-order valence-electron chi connectivity index (χ1n) is 7.93. The molecule has 1 saturated carbocycles. The fourth-order valence-corrected chi connectivity index (χ4v) is 3.10. The third-order valence-electron chi connectivity index (χ3n) is 4.54. The maximum Gasteiger partial charge on any atom is 0.145 e. The standard InChI is InChI=1S/C17H22FN3/c18-17-13(10-19)4-3-5-14(17)12-21-9-2-1-6-16(21)11-20-15-7-8-15/h3-5,15-16,20H,1-2,6-9,11-12H2. The molecular weight excluding hydrogens is 265 g/mol. The van der Waals surface area contributed by atoms with Crippen LogP contribution in [0.1, 0.15) is 43.2 Å². The molecular formula is C17H22FN3. The Kier molecular flexibility index (Phi) is 4.52. The Labute approximate surface area is 125 Å². The van der Waals surface area contributed by atoms with Crippen molar-refractivity contribution in [2.24, 2.45) is 0 Å². The zero-order valence-electron chi connectivity index (χ0n) is 12.3. The number of hydrogen-bond donors (Lipinski definition) is 1. The van der Waals surface area contributed by atoms with Crippen molar-refractivity contribution in [1.82, 2.24) is 10.2 Å². The normalized spacial score (nSPS) is 23.0. The fourth-order valence-electron chi connectivity index (χ4n) is 3.10. The fraction of sp³-hybridized carbons (Fsp3) is 0.588. The van der Waals surface area contributed by atoms with E-state index in [4.69, 9.17) is 5.26 Å². The van der Waals surface area contributed by atoms with Crippen LogP contribution in [0.15, 0.2) is 18.2 Å². The summed E-state index contributed by atoms with van der Waals surface area (Å²) in [5.41, 5.74) is 0.796. The zero-order valence-corrected chi connectivity index (χ0v) is 12.3. The minimum atomic E-state index is -0.348. The molecule has 0 bridgehead atoms. The number of hydrogen-bond acceptors (Lipinski definition) is 3. The molecule has 3 rings (SSSR count). The van der Waals surface area contributed by atoms with E-state index in [1.54, 1.807) is 18.2 Å². The Morgan fingerprint density at radius 2 is 2.14 bits per heavy atom. The lowest BCUT2D eigenvalue weighted by atomic mass is 10.0. The van der Waals surface area contributed by atoms with Crippen LogP contribution in [0.4, 0.5) is 4.39 Å². The van der Waals surface area contributed by atoms with Gasteiger partial charge in [-0.25, -0.2) is 4.39 Å². The molecule has 1 aromatic carbocycles. The molecule has 1 heterocycles. The third-order valence-corrected chi connectivity index (χ3v) is 4.54. The number of rotatable bonds is 5. The molecule has 1 saturated heterocycles. The van der Waals surface area contributed by atoms with Crippen LogP contribution in [-0.2, 0) is 6.54 Å². The average molecular weight is 287 g/mol. The Bertz CT molecular complexity index is 533. The Morgan fingerprint density at radius 3 is 2.90 bits per heavy atom. The minimum Gasteiger partial charge on any atom is -0.312 e. The molecule has 0 radical (unpaired) electrons. The molecule has 0 amide bonds. The summed E-state index contributed by atoms with van der Waals surface area (Å²) in [5.74, 6) is -0.348. The summed E-state index contributed by atoms with van der Waals surface area (Å²) in [7, 11) is 0. The van der Waals surface area contributed by atoms with Crippen molar-refractivity contribution in [1.29, 1.82) is 5.26 Å². The molecule has 4 heteroatoms. The van der Waals surface area contributed by atoms with Crippen LogP contribution in [0.25, 0.3) is 0 Å². The first-order chi connectivity index (χ1) is 10.3. The van der Waals surface area contributed by atoms with Gasteiger partial charge in [0.05, 0.1) is 5.56 Å². The first-order valence-corrected chi connectivity index (χ1v) is 7.93. The topological polar surface area (TPSA) is 39.1 Å². The van der Waals surface area contributed by atoms with Gasteiger partial charge in [0.25, 0.3) is 0 Å². The molecule has 3 nitrogen and oxygen atoms in total. The lowest BCUT2D eigenvalue weighted by Gasteiger charge is -2.36. The summed E-state index contributed by atoms with van der Waals surface area (Å²) in [6, 6.07) is 8.25. The van der Waals surface area contributed by atoms with Gasteiger partial charge in [-0.1, -0.05) is 18.6 Å². The molecule has 2 fully saturated rings. The van der Waals surface area contributed by atoms with Gasteiger partial charge in [-0.2, -0.15) is 5.26 Å². The molecule has 1 unspecified atom stereocenters. The SMILES string of the molecule is N#Cc1cccc(CN2CCCCC2CNC2CC2)c1F. The monoisotopic (exact) mass is 287 g/mol. The molecule has 1 aliphatic carbocycles. The molecule has 0 aromatic heterocycles. The molecule has 2 aliphatic rings. The highest BCUT2D eigenvalue weighted by Gasteiger charge is 2.27. The van der Waals surface area contributed by atoms with E-state index in [0.29, 0.717) is 24.2 Å². The third kappa shape index (κ3) is 3.61. The van der Waals surface area contributed by atoms with Crippen LogP contribution >= 0.6 is 0 Å². The second-order valence-corrected chi connectivity index (χ2v) is 6.19. The molecule has 21 heavy (non-hydrogen) atoms. The number of nitrogens with zero attached hydrogens (tertiary/aromatic N) is 2. The van der Waals surface area contributed by atoms with E-state index in [1.165, 1.54) is 32.1 Å². The van der Waals surface area contributed by atoms with Gasteiger partial charge >= 0.3 is 0 Å². The molecule has 0 spiro atoms. The van der Waals surface area contributed by atoms with E-state index in [9.17, 15) is 4.39 Å². The van der Waals surface area contributed by atoms with Crippen molar-refractivity contribution in [2.75, 3.05) is 13.1 Å². The predicted molar refractivity (Wildman–Crippen MR) is 80.2 cm³/mol. The van der Waals surface area contributed by atoms with Gasteiger partial charge < -0.3 is 5.32 Å². The average Bonchev–Trinajstić information content (AvgIpc) is 3.33. The van der Waals surface area contributed by atoms with Crippen molar-refractivity contribution in [3.8, 4) is 6.07 Å². The number of likely N-dealkylation sites (tertiary alicyclic amines) is 1. The first kappa shape index (κ1) is 14.5. The van der Waals surface area contributed by atoms with Crippen molar-refractivity contribution < 1.29 is 4.39 Å². The van der Waals surface area contributed by atoms with Crippen molar-refractivity contribution in [2.45, 2.75) is 50.7 Å². The van der Waals surface area contributed by atoms with Crippen molar-refractivity contribution in [3.05, 3.63) is 35.1 Å². The second kappa shape index (κ2) is 6.55. The quantitative estimate of drug-likeness (QED) is 0.905. The largest absolute Gasteiger partial charge is 0.312 e. The number of piperidine rings is 1. The van der Waals surface area contributed by atoms with Crippen LogP contribution in [0.3, 0.4) is 0 Å². The predicted octanol–water partition coefficient (Wildman–Crippen LogP) is 2.80. The van der Waals surface area contributed by atoms with Crippen molar-refractivity contribution in [3.63, 3.8) is 0 Å². The lowest BCUT2D eigenvalue weighted by Crippen LogP contribution is -2.45. The Balaban J connectivity index is 1.67. The lowest BCUT2D eigenvalue weighted by molar-refractivity contribution is 0.135. The molecule has 112 valence electrons. The number of benzene rings is 1. The molecule has 1 N–H and O–H groups in total. The van der Waals surface area contributed by atoms with Gasteiger partial charge in [0.15, 0.2) is 0 Å². The Morgan fingerprint density at radius 1 is 1.29 bits per heavy atom. The van der Waals surface area contributed by atoms with E-state index in [-0.39, 0.29) is 11.4 Å². The number of nitriles is 1. The molecule has 1 aromatic rings. The van der Waals surface area contributed by atoms with Crippen LogP contribution in [0.5, 0.6) is 0 Å². The van der Waals surface area contributed by atoms with Crippen LogP contribution < -0.4 is 5.32 Å². The van der Waals surface area contributed by atoms with Gasteiger partial charge in [-0.15, -0.1) is 0 Å².